The van der Waals surface area contributed by atoms with E-state index >= 15 is 0 Å². The molecule has 2 N–H and O–H groups in total. The molecule has 0 spiro atoms. The van der Waals surface area contributed by atoms with Gasteiger partial charge in [-0.15, -0.1) is 0 Å². The molecule has 21 heavy (non-hydrogen) atoms. The van der Waals surface area contributed by atoms with Crippen LogP contribution in [0.4, 0.5) is 5.95 Å². The lowest BCUT2D eigenvalue weighted by Gasteiger charge is -2.23. The molecule has 0 aliphatic carbocycles. The van der Waals surface area contributed by atoms with E-state index in [0.717, 1.165) is 30.8 Å². The fourth-order valence-corrected chi connectivity index (χ4v) is 2.79. The summed E-state index contributed by atoms with van der Waals surface area (Å²) in [5.41, 5.74) is 2.99. The van der Waals surface area contributed by atoms with Gasteiger partial charge in [0.25, 0.3) is 0 Å². The van der Waals surface area contributed by atoms with E-state index in [4.69, 9.17) is 11.6 Å². The molecule has 3 rings (SSSR count). The van der Waals surface area contributed by atoms with E-state index in [1.807, 2.05) is 12.1 Å². The van der Waals surface area contributed by atoms with Gasteiger partial charge in [0.1, 0.15) is 0 Å². The lowest BCUT2D eigenvalue weighted by atomic mass is 10.1. The minimum Gasteiger partial charge on any atom is -0.350 e. The second-order valence-corrected chi connectivity index (χ2v) is 5.85. The summed E-state index contributed by atoms with van der Waals surface area (Å²) >= 11 is 6.26. The van der Waals surface area contributed by atoms with Crippen molar-refractivity contribution in [1.29, 1.82) is 0 Å². The largest absolute Gasteiger partial charge is 0.350 e. The molecule has 110 valence electrons. The molecule has 0 amide bonds. The Morgan fingerprint density at radius 3 is 3.05 bits per heavy atom. The van der Waals surface area contributed by atoms with Gasteiger partial charge in [0, 0.05) is 18.2 Å². The van der Waals surface area contributed by atoms with Crippen molar-refractivity contribution in [2.75, 3.05) is 18.4 Å². The van der Waals surface area contributed by atoms with Crippen LogP contribution < -0.4 is 10.6 Å². The van der Waals surface area contributed by atoms with Crippen LogP contribution in [0.25, 0.3) is 11.3 Å². The molecular formula is C16H19ClN4. The molecule has 2 aromatic rings. The highest BCUT2D eigenvalue weighted by Crippen LogP contribution is 2.27. The van der Waals surface area contributed by atoms with E-state index in [1.54, 1.807) is 6.20 Å². The zero-order valence-electron chi connectivity index (χ0n) is 12.1. The van der Waals surface area contributed by atoms with Crippen molar-refractivity contribution in [2.45, 2.75) is 25.8 Å². The highest BCUT2D eigenvalue weighted by Gasteiger charge is 2.15. The Kier molecular flexibility index (Phi) is 4.36. The van der Waals surface area contributed by atoms with Crippen molar-refractivity contribution >= 4 is 17.5 Å². The van der Waals surface area contributed by atoms with E-state index in [-0.39, 0.29) is 0 Å². The van der Waals surface area contributed by atoms with Gasteiger partial charge >= 0.3 is 0 Å². The molecule has 1 aliphatic heterocycles. The number of benzene rings is 1. The summed E-state index contributed by atoms with van der Waals surface area (Å²) in [5, 5.41) is 7.34. The Balaban J connectivity index is 1.85. The third-order valence-corrected chi connectivity index (χ3v) is 3.94. The van der Waals surface area contributed by atoms with Gasteiger partial charge in [0.05, 0.1) is 16.9 Å². The van der Waals surface area contributed by atoms with Gasteiger partial charge in [0.2, 0.25) is 5.95 Å². The predicted octanol–water partition coefficient (Wildman–Crippen LogP) is 3.27. The first-order valence-corrected chi connectivity index (χ1v) is 7.67. The van der Waals surface area contributed by atoms with E-state index in [2.05, 4.69) is 39.7 Å². The Morgan fingerprint density at radius 2 is 2.29 bits per heavy atom. The lowest BCUT2D eigenvalue weighted by molar-refractivity contribution is 0.478. The third kappa shape index (κ3) is 3.52. The van der Waals surface area contributed by atoms with Crippen LogP contribution in [0.15, 0.2) is 30.5 Å². The monoisotopic (exact) mass is 302 g/mol. The second kappa shape index (κ2) is 6.41. The maximum absolute atomic E-state index is 6.26. The summed E-state index contributed by atoms with van der Waals surface area (Å²) in [6.07, 6.45) is 3.99. The standard InChI is InChI=1S/C16H19ClN4/c1-11-4-2-5-12(8-11)15-14(17)10-19-16(21-15)20-13-6-3-7-18-9-13/h2,4-5,8,10,13,18H,3,6-7,9H2,1H3,(H,19,20,21)/t13-/m0/s1. The fourth-order valence-electron chi connectivity index (χ4n) is 2.59. The van der Waals surface area contributed by atoms with E-state index in [9.17, 15) is 0 Å². The van der Waals surface area contributed by atoms with Crippen molar-refractivity contribution in [1.82, 2.24) is 15.3 Å². The number of hydrogen-bond donors (Lipinski definition) is 2. The summed E-state index contributed by atoms with van der Waals surface area (Å²) in [6.45, 7) is 4.10. The maximum atomic E-state index is 6.26. The first kappa shape index (κ1) is 14.3. The van der Waals surface area contributed by atoms with Crippen molar-refractivity contribution < 1.29 is 0 Å². The van der Waals surface area contributed by atoms with Gasteiger partial charge in [-0.1, -0.05) is 35.4 Å². The van der Waals surface area contributed by atoms with Crippen molar-refractivity contribution in [3.63, 3.8) is 0 Å². The molecule has 0 radical (unpaired) electrons. The van der Waals surface area contributed by atoms with Gasteiger partial charge in [-0.25, -0.2) is 9.97 Å². The van der Waals surface area contributed by atoms with Crippen molar-refractivity contribution in [3.8, 4) is 11.3 Å². The van der Waals surface area contributed by atoms with Crippen LogP contribution in [-0.4, -0.2) is 29.1 Å². The number of piperidine rings is 1. The number of nitrogens with zero attached hydrogens (tertiary/aromatic N) is 2. The van der Waals surface area contributed by atoms with Crippen LogP contribution >= 0.6 is 11.6 Å². The first-order valence-electron chi connectivity index (χ1n) is 7.29. The van der Waals surface area contributed by atoms with Gasteiger partial charge < -0.3 is 10.6 Å². The maximum Gasteiger partial charge on any atom is 0.223 e. The molecule has 5 heteroatoms. The van der Waals surface area contributed by atoms with Crippen LogP contribution in [0.2, 0.25) is 5.02 Å². The molecule has 0 saturated carbocycles. The van der Waals surface area contributed by atoms with Crippen LogP contribution in [0.5, 0.6) is 0 Å². The zero-order chi connectivity index (χ0) is 14.7. The fraction of sp³-hybridized carbons (Fsp3) is 0.375. The smallest absolute Gasteiger partial charge is 0.223 e. The quantitative estimate of drug-likeness (QED) is 0.913. The molecule has 2 heterocycles. The molecule has 1 aromatic heterocycles. The summed E-state index contributed by atoms with van der Waals surface area (Å²) < 4.78 is 0. The minimum absolute atomic E-state index is 0.380. The van der Waals surface area contributed by atoms with Gasteiger partial charge in [-0.05, 0) is 32.4 Å². The van der Waals surface area contributed by atoms with E-state index < -0.39 is 0 Å². The Bertz CT molecular complexity index is 623. The molecular weight excluding hydrogens is 284 g/mol. The Labute approximate surface area is 130 Å². The number of hydrogen-bond acceptors (Lipinski definition) is 4. The van der Waals surface area contributed by atoms with E-state index in [0.29, 0.717) is 17.0 Å². The highest BCUT2D eigenvalue weighted by molar-refractivity contribution is 6.32. The van der Waals surface area contributed by atoms with Gasteiger partial charge in [-0.3, -0.25) is 0 Å². The summed E-state index contributed by atoms with van der Waals surface area (Å²) in [6, 6.07) is 8.56. The van der Waals surface area contributed by atoms with Crippen LogP contribution in [-0.2, 0) is 0 Å². The molecule has 0 bridgehead atoms. The minimum atomic E-state index is 0.380. The van der Waals surface area contributed by atoms with E-state index in [1.165, 1.54) is 12.0 Å². The highest BCUT2D eigenvalue weighted by atomic mass is 35.5. The lowest BCUT2D eigenvalue weighted by Crippen LogP contribution is -2.38. The predicted molar refractivity (Wildman–Crippen MR) is 86.7 cm³/mol. The van der Waals surface area contributed by atoms with Gasteiger partial charge in [0.15, 0.2) is 0 Å². The van der Waals surface area contributed by atoms with Crippen LogP contribution in [0, 0.1) is 6.92 Å². The average Bonchev–Trinajstić information content (AvgIpc) is 2.50. The zero-order valence-corrected chi connectivity index (χ0v) is 12.8. The van der Waals surface area contributed by atoms with Gasteiger partial charge in [-0.2, -0.15) is 0 Å². The Hall–Kier alpha value is -1.65. The van der Waals surface area contributed by atoms with Crippen LogP contribution in [0.1, 0.15) is 18.4 Å². The number of aromatic nitrogens is 2. The summed E-state index contributed by atoms with van der Waals surface area (Å²) in [5.74, 6) is 0.643. The Morgan fingerprint density at radius 1 is 1.38 bits per heavy atom. The number of halogens is 1. The average molecular weight is 303 g/mol. The number of nitrogens with one attached hydrogen (secondary N) is 2. The number of aryl methyl sites for hydroxylation is 1. The molecule has 1 aliphatic rings. The molecule has 1 saturated heterocycles. The third-order valence-electron chi connectivity index (χ3n) is 3.67. The molecule has 0 unspecified atom stereocenters. The number of anilines is 1. The topological polar surface area (TPSA) is 49.8 Å². The molecule has 4 nitrogen and oxygen atoms in total. The SMILES string of the molecule is Cc1cccc(-c2nc(N[C@H]3CCCNC3)ncc2Cl)c1. The van der Waals surface area contributed by atoms with Crippen molar-refractivity contribution in [3.05, 3.63) is 41.0 Å². The molecule has 1 aromatic carbocycles. The molecule has 1 fully saturated rings. The second-order valence-electron chi connectivity index (χ2n) is 5.45. The summed E-state index contributed by atoms with van der Waals surface area (Å²) in [4.78, 5) is 8.89. The molecule has 1 atom stereocenters. The number of rotatable bonds is 3. The normalized spacial score (nSPS) is 18.5. The first-order chi connectivity index (χ1) is 10.2. The summed E-state index contributed by atoms with van der Waals surface area (Å²) in [7, 11) is 0. The van der Waals surface area contributed by atoms with Crippen LogP contribution in [0.3, 0.4) is 0 Å². The van der Waals surface area contributed by atoms with Crippen molar-refractivity contribution in [2.24, 2.45) is 0 Å².